The van der Waals surface area contributed by atoms with Crippen LogP contribution in [0.25, 0.3) is 0 Å². The summed E-state index contributed by atoms with van der Waals surface area (Å²) in [6.45, 7) is 4.99. The smallest absolute Gasteiger partial charge is 0.272 e. The molecule has 1 aromatic heterocycles. The van der Waals surface area contributed by atoms with E-state index in [0.29, 0.717) is 11.5 Å². The van der Waals surface area contributed by atoms with Gasteiger partial charge in [-0.1, -0.05) is 19.8 Å². The Bertz CT molecular complexity index is 414. The van der Waals surface area contributed by atoms with Crippen molar-refractivity contribution in [1.29, 1.82) is 0 Å². The van der Waals surface area contributed by atoms with E-state index < -0.39 is 0 Å². The van der Waals surface area contributed by atoms with Crippen LogP contribution in [0.15, 0.2) is 12.1 Å². The maximum Gasteiger partial charge on any atom is 0.272 e. The summed E-state index contributed by atoms with van der Waals surface area (Å²) in [6, 6.07) is 3.72. The minimum absolute atomic E-state index is 0.136. The van der Waals surface area contributed by atoms with Crippen molar-refractivity contribution in [3.8, 4) is 0 Å². The van der Waals surface area contributed by atoms with Crippen LogP contribution < -0.4 is 10.6 Å². The lowest BCUT2D eigenvalue weighted by atomic mass is 10.1. The Kier molecular flexibility index (Phi) is 4.71. The number of aromatic nitrogens is 2. The molecule has 1 aliphatic carbocycles. The molecule has 1 unspecified atom stereocenters. The van der Waals surface area contributed by atoms with Crippen molar-refractivity contribution in [2.24, 2.45) is 5.92 Å². The Balaban J connectivity index is 1.83. The molecule has 0 saturated heterocycles. The van der Waals surface area contributed by atoms with Crippen LogP contribution in [0, 0.1) is 5.92 Å². The standard InChI is InChI=1S/C14H22N4O/c1-3-8-15-13-7-6-12(17-18-13)14(19)16-10(2)9-11-4-5-11/h6-7,10-11H,3-5,8-9H2,1-2H3,(H,15,18)(H,16,19). The maximum atomic E-state index is 11.9. The van der Waals surface area contributed by atoms with Crippen molar-refractivity contribution in [1.82, 2.24) is 15.5 Å². The number of nitrogens with one attached hydrogen (secondary N) is 2. The van der Waals surface area contributed by atoms with Gasteiger partial charge in [0.05, 0.1) is 0 Å². The quantitative estimate of drug-likeness (QED) is 0.790. The van der Waals surface area contributed by atoms with Gasteiger partial charge in [-0.3, -0.25) is 4.79 Å². The molecule has 0 bridgehead atoms. The fourth-order valence-corrected chi connectivity index (χ4v) is 2.01. The molecule has 1 aliphatic rings. The Morgan fingerprint density at radius 2 is 2.21 bits per heavy atom. The highest BCUT2D eigenvalue weighted by molar-refractivity contribution is 5.92. The van der Waals surface area contributed by atoms with Crippen LogP contribution >= 0.6 is 0 Å². The molecule has 2 rings (SSSR count). The Hall–Kier alpha value is -1.65. The van der Waals surface area contributed by atoms with Gasteiger partial charge in [-0.25, -0.2) is 0 Å². The largest absolute Gasteiger partial charge is 0.369 e. The molecule has 1 aromatic rings. The van der Waals surface area contributed by atoms with Gasteiger partial charge >= 0.3 is 0 Å². The summed E-state index contributed by atoms with van der Waals surface area (Å²) in [5.74, 6) is 1.38. The molecule has 5 nitrogen and oxygen atoms in total. The molecular weight excluding hydrogens is 240 g/mol. The Morgan fingerprint density at radius 1 is 1.42 bits per heavy atom. The van der Waals surface area contributed by atoms with Crippen LogP contribution in [-0.4, -0.2) is 28.7 Å². The molecule has 19 heavy (non-hydrogen) atoms. The number of carbonyl (C=O) groups is 1. The van der Waals surface area contributed by atoms with Gasteiger partial charge in [0.2, 0.25) is 0 Å². The maximum absolute atomic E-state index is 11.9. The number of carbonyl (C=O) groups excluding carboxylic acids is 1. The average Bonchev–Trinajstić information content (AvgIpc) is 3.20. The second kappa shape index (κ2) is 6.50. The number of hydrogen-bond acceptors (Lipinski definition) is 4. The summed E-state index contributed by atoms with van der Waals surface area (Å²) in [7, 11) is 0. The average molecular weight is 262 g/mol. The van der Waals surface area contributed by atoms with Gasteiger partial charge in [0.25, 0.3) is 5.91 Å². The molecule has 0 aromatic carbocycles. The number of hydrogen-bond donors (Lipinski definition) is 2. The predicted octanol–water partition coefficient (Wildman–Crippen LogP) is 2.22. The SMILES string of the molecule is CCCNc1ccc(C(=O)NC(C)CC2CC2)nn1. The van der Waals surface area contributed by atoms with Gasteiger partial charge in [0.1, 0.15) is 5.82 Å². The second-order valence-electron chi connectivity index (χ2n) is 5.28. The van der Waals surface area contributed by atoms with Crippen molar-refractivity contribution in [2.45, 2.75) is 45.6 Å². The molecule has 5 heteroatoms. The van der Waals surface area contributed by atoms with Gasteiger partial charge in [-0.05, 0) is 37.8 Å². The first kappa shape index (κ1) is 13.8. The van der Waals surface area contributed by atoms with Gasteiger partial charge in [0, 0.05) is 12.6 Å². The second-order valence-corrected chi connectivity index (χ2v) is 5.28. The lowest BCUT2D eigenvalue weighted by Gasteiger charge is -2.12. The first-order valence-electron chi connectivity index (χ1n) is 7.07. The first-order valence-corrected chi connectivity index (χ1v) is 7.07. The minimum atomic E-state index is -0.136. The first-order chi connectivity index (χ1) is 9.19. The molecule has 0 radical (unpaired) electrons. The number of nitrogens with zero attached hydrogens (tertiary/aromatic N) is 2. The van der Waals surface area contributed by atoms with Crippen LogP contribution in [0.1, 0.15) is 50.0 Å². The summed E-state index contributed by atoms with van der Waals surface area (Å²) in [5.41, 5.74) is 0.379. The number of amides is 1. The number of rotatable bonds is 7. The van der Waals surface area contributed by atoms with Crippen molar-refractivity contribution >= 4 is 11.7 Å². The highest BCUT2D eigenvalue weighted by Gasteiger charge is 2.24. The highest BCUT2D eigenvalue weighted by atomic mass is 16.2. The zero-order valence-electron chi connectivity index (χ0n) is 11.6. The third-order valence-corrected chi connectivity index (χ3v) is 3.21. The zero-order chi connectivity index (χ0) is 13.7. The summed E-state index contributed by atoms with van der Waals surface area (Å²) in [5, 5.41) is 14.0. The molecule has 1 amide bonds. The van der Waals surface area contributed by atoms with Crippen LogP contribution in [0.4, 0.5) is 5.82 Å². The van der Waals surface area contributed by atoms with Crippen molar-refractivity contribution in [3.05, 3.63) is 17.8 Å². The summed E-state index contributed by atoms with van der Waals surface area (Å²) in [4.78, 5) is 11.9. The summed E-state index contributed by atoms with van der Waals surface area (Å²) in [6.07, 6.45) is 4.70. The van der Waals surface area contributed by atoms with E-state index in [2.05, 4.69) is 27.8 Å². The van der Waals surface area contributed by atoms with Crippen molar-refractivity contribution < 1.29 is 4.79 Å². The minimum Gasteiger partial charge on any atom is -0.369 e. The monoisotopic (exact) mass is 262 g/mol. The van der Waals surface area contributed by atoms with E-state index in [4.69, 9.17) is 0 Å². The van der Waals surface area contributed by atoms with Gasteiger partial charge in [0.15, 0.2) is 5.69 Å². The fourth-order valence-electron chi connectivity index (χ4n) is 2.01. The zero-order valence-corrected chi connectivity index (χ0v) is 11.6. The molecular formula is C14H22N4O. The lowest BCUT2D eigenvalue weighted by Crippen LogP contribution is -2.33. The molecule has 0 spiro atoms. The van der Waals surface area contributed by atoms with E-state index in [-0.39, 0.29) is 11.9 Å². The Morgan fingerprint density at radius 3 is 2.79 bits per heavy atom. The fraction of sp³-hybridized carbons (Fsp3) is 0.643. The molecule has 2 N–H and O–H groups in total. The molecule has 1 fully saturated rings. The van der Waals surface area contributed by atoms with Gasteiger partial charge in [-0.15, -0.1) is 10.2 Å². The molecule has 104 valence electrons. The van der Waals surface area contributed by atoms with Crippen LogP contribution in [-0.2, 0) is 0 Å². The molecule has 1 atom stereocenters. The predicted molar refractivity (Wildman–Crippen MR) is 75.1 cm³/mol. The topological polar surface area (TPSA) is 66.9 Å². The summed E-state index contributed by atoms with van der Waals surface area (Å²) < 4.78 is 0. The van der Waals surface area contributed by atoms with E-state index in [1.807, 2.05) is 6.92 Å². The van der Waals surface area contributed by atoms with E-state index in [9.17, 15) is 4.79 Å². The van der Waals surface area contributed by atoms with Crippen LogP contribution in [0.2, 0.25) is 0 Å². The molecule has 1 heterocycles. The van der Waals surface area contributed by atoms with Crippen LogP contribution in [0.5, 0.6) is 0 Å². The highest BCUT2D eigenvalue weighted by Crippen LogP contribution is 2.33. The van der Waals surface area contributed by atoms with E-state index in [0.717, 1.165) is 25.3 Å². The van der Waals surface area contributed by atoms with Crippen molar-refractivity contribution in [2.75, 3.05) is 11.9 Å². The Labute approximate surface area is 114 Å². The van der Waals surface area contributed by atoms with Gasteiger partial charge in [-0.2, -0.15) is 0 Å². The molecule has 1 saturated carbocycles. The van der Waals surface area contributed by atoms with Crippen LogP contribution in [0.3, 0.4) is 0 Å². The normalized spacial score (nSPS) is 15.9. The molecule has 0 aliphatic heterocycles. The van der Waals surface area contributed by atoms with E-state index in [1.54, 1.807) is 12.1 Å². The van der Waals surface area contributed by atoms with Crippen molar-refractivity contribution in [3.63, 3.8) is 0 Å². The third-order valence-electron chi connectivity index (χ3n) is 3.21. The number of anilines is 1. The van der Waals surface area contributed by atoms with E-state index >= 15 is 0 Å². The lowest BCUT2D eigenvalue weighted by molar-refractivity contribution is 0.0931. The summed E-state index contributed by atoms with van der Waals surface area (Å²) >= 11 is 0. The third kappa shape index (κ3) is 4.50. The van der Waals surface area contributed by atoms with Gasteiger partial charge < -0.3 is 10.6 Å². The van der Waals surface area contributed by atoms with E-state index in [1.165, 1.54) is 12.8 Å².